The van der Waals surface area contributed by atoms with E-state index < -0.39 is 0 Å². The maximum Gasteiger partial charge on any atom is 0.233 e. The summed E-state index contributed by atoms with van der Waals surface area (Å²) >= 11 is 7.50. The van der Waals surface area contributed by atoms with Crippen molar-refractivity contribution in [2.24, 2.45) is 0 Å². The number of hydrogen-bond donors (Lipinski definition) is 1. The SMILES string of the molecule is CC[C@@H](Sc1ccc(Cl)cc1)C(=O)N[C@H](C)c1ccc(C)cc1C. The van der Waals surface area contributed by atoms with Crippen LogP contribution in [-0.4, -0.2) is 11.2 Å². The summed E-state index contributed by atoms with van der Waals surface area (Å²) in [5.74, 6) is 0.0740. The Hall–Kier alpha value is -1.45. The highest BCUT2D eigenvalue weighted by atomic mass is 35.5. The molecule has 2 aromatic carbocycles. The minimum Gasteiger partial charge on any atom is -0.349 e. The molecule has 0 bridgehead atoms. The van der Waals surface area contributed by atoms with Crippen LogP contribution in [0.15, 0.2) is 47.4 Å². The van der Waals surface area contributed by atoms with Gasteiger partial charge in [-0.1, -0.05) is 42.3 Å². The lowest BCUT2D eigenvalue weighted by Crippen LogP contribution is -2.34. The molecule has 0 aromatic heterocycles. The molecular formula is C20H24ClNOS. The van der Waals surface area contributed by atoms with E-state index in [1.54, 1.807) is 11.8 Å². The second-order valence-electron chi connectivity index (χ2n) is 6.06. The fourth-order valence-corrected chi connectivity index (χ4v) is 3.78. The van der Waals surface area contributed by atoms with Crippen molar-refractivity contribution in [1.29, 1.82) is 0 Å². The first kappa shape index (κ1) is 18.9. The second-order valence-corrected chi connectivity index (χ2v) is 7.77. The molecule has 0 fully saturated rings. The van der Waals surface area contributed by atoms with Crippen LogP contribution in [0.25, 0.3) is 0 Å². The van der Waals surface area contributed by atoms with Crippen LogP contribution in [0.3, 0.4) is 0 Å². The van der Waals surface area contributed by atoms with E-state index in [1.165, 1.54) is 16.7 Å². The summed E-state index contributed by atoms with van der Waals surface area (Å²) in [4.78, 5) is 13.7. The summed E-state index contributed by atoms with van der Waals surface area (Å²) in [6.07, 6.45) is 0.777. The topological polar surface area (TPSA) is 29.1 Å². The van der Waals surface area contributed by atoms with Gasteiger partial charge in [0.1, 0.15) is 0 Å². The lowest BCUT2D eigenvalue weighted by molar-refractivity contribution is -0.121. The Morgan fingerprint density at radius 1 is 1.17 bits per heavy atom. The van der Waals surface area contributed by atoms with Crippen LogP contribution in [0.2, 0.25) is 5.02 Å². The van der Waals surface area contributed by atoms with E-state index in [9.17, 15) is 4.79 Å². The Morgan fingerprint density at radius 3 is 2.42 bits per heavy atom. The van der Waals surface area contributed by atoms with Crippen molar-refractivity contribution in [3.63, 3.8) is 0 Å². The second kappa shape index (κ2) is 8.59. The van der Waals surface area contributed by atoms with Crippen molar-refractivity contribution in [1.82, 2.24) is 5.32 Å². The van der Waals surface area contributed by atoms with Gasteiger partial charge in [-0.2, -0.15) is 0 Å². The molecule has 0 spiro atoms. The summed E-state index contributed by atoms with van der Waals surface area (Å²) in [5, 5.41) is 3.75. The van der Waals surface area contributed by atoms with E-state index in [4.69, 9.17) is 11.6 Å². The smallest absolute Gasteiger partial charge is 0.233 e. The lowest BCUT2D eigenvalue weighted by atomic mass is 10.00. The van der Waals surface area contributed by atoms with E-state index >= 15 is 0 Å². The molecule has 24 heavy (non-hydrogen) atoms. The maximum atomic E-state index is 12.6. The van der Waals surface area contributed by atoms with Crippen molar-refractivity contribution >= 4 is 29.3 Å². The molecular weight excluding hydrogens is 338 g/mol. The summed E-state index contributed by atoms with van der Waals surface area (Å²) < 4.78 is 0. The van der Waals surface area contributed by atoms with Gasteiger partial charge in [-0.15, -0.1) is 11.8 Å². The predicted octanol–water partition coefficient (Wildman–Crippen LogP) is 5.70. The molecule has 2 rings (SSSR count). The number of rotatable bonds is 6. The zero-order valence-corrected chi connectivity index (χ0v) is 16.2. The van der Waals surface area contributed by atoms with Gasteiger partial charge in [-0.3, -0.25) is 4.79 Å². The zero-order chi connectivity index (χ0) is 17.7. The molecule has 0 aliphatic heterocycles. The molecule has 0 heterocycles. The van der Waals surface area contributed by atoms with Crippen LogP contribution < -0.4 is 5.32 Å². The third kappa shape index (κ3) is 5.02. The van der Waals surface area contributed by atoms with Crippen molar-refractivity contribution in [2.45, 2.75) is 50.3 Å². The quantitative estimate of drug-likeness (QED) is 0.668. The normalized spacial score (nSPS) is 13.4. The van der Waals surface area contributed by atoms with Crippen molar-refractivity contribution in [3.05, 3.63) is 64.2 Å². The average Bonchev–Trinajstić information content (AvgIpc) is 2.54. The summed E-state index contributed by atoms with van der Waals surface area (Å²) in [7, 11) is 0. The molecule has 0 saturated heterocycles. The molecule has 1 amide bonds. The van der Waals surface area contributed by atoms with Crippen molar-refractivity contribution in [2.75, 3.05) is 0 Å². The van der Waals surface area contributed by atoms with Gasteiger partial charge in [0.15, 0.2) is 0 Å². The molecule has 0 unspecified atom stereocenters. The van der Waals surface area contributed by atoms with Gasteiger partial charge in [-0.05, 0) is 62.6 Å². The monoisotopic (exact) mass is 361 g/mol. The van der Waals surface area contributed by atoms with Gasteiger partial charge in [-0.25, -0.2) is 0 Å². The molecule has 128 valence electrons. The van der Waals surface area contributed by atoms with Gasteiger partial charge >= 0.3 is 0 Å². The third-order valence-electron chi connectivity index (χ3n) is 4.01. The fraction of sp³-hybridized carbons (Fsp3) is 0.350. The molecule has 2 aromatic rings. The fourth-order valence-electron chi connectivity index (χ4n) is 2.70. The molecule has 0 saturated carbocycles. The van der Waals surface area contributed by atoms with Crippen LogP contribution in [0.5, 0.6) is 0 Å². The minimum absolute atomic E-state index is 0.00188. The first-order valence-electron chi connectivity index (χ1n) is 8.20. The summed E-state index contributed by atoms with van der Waals surface area (Å²) in [6, 6.07) is 14.0. The first-order chi connectivity index (χ1) is 11.4. The standard InChI is InChI=1S/C20H24ClNOS/c1-5-19(24-17-9-7-16(21)8-10-17)20(23)22-15(4)18-11-6-13(2)12-14(18)3/h6-12,15,19H,5H2,1-4H3,(H,22,23)/t15-,19-/m1/s1. The van der Waals surface area contributed by atoms with Gasteiger partial charge in [0.25, 0.3) is 0 Å². The number of benzene rings is 2. The highest BCUT2D eigenvalue weighted by Gasteiger charge is 2.20. The number of nitrogens with one attached hydrogen (secondary N) is 1. The number of amides is 1. The van der Waals surface area contributed by atoms with E-state index in [2.05, 4.69) is 37.4 Å². The van der Waals surface area contributed by atoms with Crippen molar-refractivity contribution in [3.8, 4) is 0 Å². The molecule has 2 nitrogen and oxygen atoms in total. The van der Waals surface area contributed by atoms with Crippen LogP contribution >= 0.6 is 23.4 Å². The van der Waals surface area contributed by atoms with Gasteiger partial charge in [0, 0.05) is 9.92 Å². The highest BCUT2D eigenvalue weighted by molar-refractivity contribution is 8.00. The molecule has 0 aliphatic carbocycles. The van der Waals surface area contributed by atoms with E-state index in [0.29, 0.717) is 5.02 Å². The van der Waals surface area contributed by atoms with Crippen molar-refractivity contribution < 1.29 is 4.79 Å². The van der Waals surface area contributed by atoms with E-state index in [-0.39, 0.29) is 17.2 Å². The maximum absolute atomic E-state index is 12.6. The Bertz CT molecular complexity index is 699. The predicted molar refractivity (Wildman–Crippen MR) is 104 cm³/mol. The number of aryl methyl sites for hydroxylation is 2. The largest absolute Gasteiger partial charge is 0.349 e. The molecule has 0 radical (unpaired) electrons. The number of halogens is 1. The molecule has 0 aliphatic rings. The number of carbonyl (C=O) groups excluding carboxylic acids is 1. The third-order valence-corrected chi connectivity index (χ3v) is 5.63. The van der Waals surface area contributed by atoms with Crippen LogP contribution in [-0.2, 0) is 4.79 Å². The van der Waals surface area contributed by atoms with Crippen LogP contribution in [0, 0.1) is 13.8 Å². The van der Waals surface area contributed by atoms with Gasteiger partial charge < -0.3 is 5.32 Å². The zero-order valence-electron chi connectivity index (χ0n) is 14.6. The Morgan fingerprint density at radius 2 is 1.83 bits per heavy atom. The van der Waals surface area contributed by atoms with Gasteiger partial charge in [0.05, 0.1) is 11.3 Å². The van der Waals surface area contributed by atoms with Crippen LogP contribution in [0.4, 0.5) is 0 Å². The summed E-state index contributed by atoms with van der Waals surface area (Å²) in [5.41, 5.74) is 3.61. The molecule has 1 N–H and O–H groups in total. The van der Waals surface area contributed by atoms with Crippen LogP contribution in [0.1, 0.15) is 43.0 Å². The Labute approximate surface area is 154 Å². The first-order valence-corrected chi connectivity index (χ1v) is 9.46. The molecule has 4 heteroatoms. The molecule has 2 atom stereocenters. The van der Waals surface area contributed by atoms with Gasteiger partial charge in [0.2, 0.25) is 5.91 Å². The Balaban J connectivity index is 2.04. The number of carbonyl (C=O) groups is 1. The summed E-state index contributed by atoms with van der Waals surface area (Å²) in [6.45, 7) is 8.24. The number of thioether (sulfide) groups is 1. The van der Waals surface area contributed by atoms with E-state index in [1.807, 2.05) is 38.1 Å². The highest BCUT2D eigenvalue weighted by Crippen LogP contribution is 2.28. The lowest BCUT2D eigenvalue weighted by Gasteiger charge is -2.21. The average molecular weight is 362 g/mol. The minimum atomic E-state index is -0.112. The Kier molecular flexibility index (Phi) is 6.76. The van der Waals surface area contributed by atoms with E-state index in [0.717, 1.165) is 11.3 Å². The number of hydrogen-bond acceptors (Lipinski definition) is 2.